The number of imide groups is 1. The summed E-state index contributed by atoms with van der Waals surface area (Å²) in [4.78, 5) is 66.6. The topological polar surface area (TPSA) is 160 Å². The highest BCUT2D eigenvalue weighted by Crippen LogP contribution is 2.51. The van der Waals surface area contributed by atoms with Crippen molar-refractivity contribution in [3.05, 3.63) is 93.6 Å². The summed E-state index contributed by atoms with van der Waals surface area (Å²) < 4.78 is 49.8. The lowest BCUT2D eigenvalue weighted by Gasteiger charge is -2.57. The molecule has 1 aliphatic carbocycles. The zero-order valence-electron chi connectivity index (χ0n) is 35.9. The van der Waals surface area contributed by atoms with Gasteiger partial charge in [-0.15, -0.1) is 5.10 Å². The van der Waals surface area contributed by atoms with Crippen molar-refractivity contribution in [3.8, 4) is 11.3 Å². The fourth-order valence-corrected chi connectivity index (χ4v) is 10.4. The summed E-state index contributed by atoms with van der Waals surface area (Å²) in [7, 11) is 1.79. The predicted octanol–water partition coefficient (Wildman–Crippen LogP) is 6.73. The number of nitrogens with zero attached hydrogens (tertiary/aromatic N) is 8. The number of aryl methyl sites for hydroxylation is 1. The van der Waals surface area contributed by atoms with Crippen LogP contribution in [0.3, 0.4) is 0 Å². The van der Waals surface area contributed by atoms with Gasteiger partial charge in [0.1, 0.15) is 11.5 Å². The van der Waals surface area contributed by atoms with Gasteiger partial charge in [-0.25, -0.2) is 27.5 Å². The Hall–Kier alpha value is -6.27. The predicted molar refractivity (Wildman–Crippen MR) is 237 cm³/mol. The molecular weight excluding hydrogens is 863 g/mol. The number of carbonyl (C=O) groups excluding carboxylic acids is 4. The van der Waals surface area contributed by atoms with Gasteiger partial charge in [-0.05, 0) is 73.6 Å². The Labute approximate surface area is 377 Å². The minimum Gasteiger partial charge on any atom is -0.385 e. The number of amides is 5. The minimum atomic E-state index is -3.20. The molecule has 5 aliphatic rings. The smallest absolute Gasteiger partial charge is 0.328 e. The number of nitrogens with one attached hydrogen (secondary N) is 3. The number of likely N-dealkylation sites (tertiary alicyclic amines) is 2. The summed E-state index contributed by atoms with van der Waals surface area (Å²) in [6.45, 7) is 1.98. The highest BCUT2D eigenvalue weighted by molar-refractivity contribution is 6.35. The number of anilines is 4. The first kappa shape index (κ1) is 42.7. The van der Waals surface area contributed by atoms with Gasteiger partial charge in [-0.2, -0.15) is 0 Å². The molecule has 2 aromatic carbocycles. The Morgan fingerprint density at radius 2 is 1.74 bits per heavy atom. The molecule has 4 aliphatic heterocycles. The Balaban J connectivity index is 0.807. The van der Waals surface area contributed by atoms with E-state index in [4.69, 9.17) is 16.7 Å². The number of piperidine rings is 1. The molecule has 10 rings (SSSR count). The maximum absolute atomic E-state index is 16.1. The summed E-state index contributed by atoms with van der Waals surface area (Å²) in [5.74, 6) is -4.38. The SMILES string of the molecule is CNc1cc(N2CCc3c(-c4ncc(CN5CC6(CCN(C(=O)c7cc(C)c(Cl)c(N8CCC(=O)NC8=O)c7)CC6(F)F)C5)cc4F)cccc32)nn2c(C(=O)NC3CCCC3)cnc12. The van der Waals surface area contributed by atoms with E-state index in [1.54, 1.807) is 30.9 Å². The molecule has 5 aromatic rings. The molecule has 3 aromatic heterocycles. The molecule has 0 bridgehead atoms. The van der Waals surface area contributed by atoms with Gasteiger partial charge < -0.3 is 20.4 Å². The van der Waals surface area contributed by atoms with Crippen molar-refractivity contribution in [1.29, 1.82) is 0 Å². The van der Waals surface area contributed by atoms with Crippen LogP contribution in [0.1, 0.15) is 76.1 Å². The number of hydrogen-bond acceptors (Lipinski definition) is 10. The number of carbonyl (C=O) groups is 4. The summed E-state index contributed by atoms with van der Waals surface area (Å²) in [6, 6.07) is 11.3. The minimum absolute atomic E-state index is 0.0526. The molecule has 65 heavy (non-hydrogen) atoms. The second-order valence-electron chi connectivity index (χ2n) is 17.9. The highest BCUT2D eigenvalue weighted by atomic mass is 35.5. The van der Waals surface area contributed by atoms with Crippen LogP contribution in [0.5, 0.6) is 0 Å². The van der Waals surface area contributed by atoms with Crippen molar-refractivity contribution in [3.63, 3.8) is 0 Å². The largest absolute Gasteiger partial charge is 0.385 e. The third-order valence-corrected chi connectivity index (χ3v) is 14.2. The van der Waals surface area contributed by atoms with E-state index < -0.39 is 41.5 Å². The molecular formula is C46H47ClF3N11O4. The van der Waals surface area contributed by atoms with Gasteiger partial charge in [0, 0.05) is 87.9 Å². The van der Waals surface area contributed by atoms with Crippen molar-refractivity contribution in [1.82, 2.24) is 40.0 Å². The van der Waals surface area contributed by atoms with Gasteiger partial charge in [-0.3, -0.25) is 34.5 Å². The molecule has 19 heteroatoms. The number of halogens is 4. The number of rotatable bonds is 9. The number of fused-ring (bicyclic) bond motifs is 2. The third kappa shape index (κ3) is 7.49. The Kier molecular flexibility index (Phi) is 10.7. The summed E-state index contributed by atoms with van der Waals surface area (Å²) in [6.07, 6.45) is 7.93. The van der Waals surface area contributed by atoms with Crippen LogP contribution in [0.2, 0.25) is 5.02 Å². The lowest BCUT2D eigenvalue weighted by Crippen LogP contribution is -2.70. The summed E-state index contributed by atoms with van der Waals surface area (Å²) in [5, 5.41) is 13.7. The van der Waals surface area contributed by atoms with Gasteiger partial charge in [0.05, 0.1) is 34.6 Å². The highest BCUT2D eigenvalue weighted by Gasteiger charge is 2.62. The molecule has 0 radical (unpaired) electrons. The number of imidazole rings is 1. The second kappa shape index (κ2) is 16.3. The Morgan fingerprint density at radius 1 is 0.954 bits per heavy atom. The monoisotopic (exact) mass is 909 g/mol. The van der Waals surface area contributed by atoms with Gasteiger partial charge >= 0.3 is 6.03 Å². The van der Waals surface area contributed by atoms with E-state index >= 15 is 13.2 Å². The normalized spacial score (nSPS) is 19.4. The number of pyridine rings is 1. The van der Waals surface area contributed by atoms with E-state index in [9.17, 15) is 19.2 Å². The summed E-state index contributed by atoms with van der Waals surface area (Å²) >= 11 is 6.51. The number of hydrogen-bond donors (Lipinski definition) is 3. The number of aromatic nitrogens is 4. The van der Waals surface area contributed by atoms with E-state index in [2.05, 4.69) is 25.9 Å². The van der Waals surface area contributed by atoms with Crippen molar-refractivity contribution in [2.24, 2.45) is 5.41 Å². The van der Waals surface area contributed by atoms with Crippen LogP contribution in [0, 0.1) is 18.2 Å². The fourth-order valence-electron chi connectivity index (χ4n) is 10.2. The van der Waals surface area contributed by atoms with Crippen molar-refractivity contribution < 1.29 is 32.3 Å². The molecule has 4 fully saturated rings. The van der Waals surface area contributed by atoms with Crippen LogP contribution in [-0.2, 0) is 17.8 Å². The molecule has 3 saturated heterocycles. The fraction of sp³-hybridized carbons (Fsp3) is 0.413. The van der Waals surface area contributed by atoms with Crippen LogP contribution in [0.25, 0.3) is 16.9 Å². The van der Waals surface area contributed by atoms with Crippen LogP contribution >= 0.6 is 11.6 Å². The van der Waals surface area contributed by atoms with Crippen molar-refractivity contribution >= 4 is 63.9 Å². The molecule has 15 nitrogen and oxygen atoms in total. The van der Waals surface area contributed by atoms with Gasteiger partial charge in [0.15, 0.2) is 17.2 Å². The zero-order valence-corrected chi connectivity index (χ0v) is 36.7. The zero-order chi connectivity index (χ0) is 45.4. The van der Waals surface area contributed by atoms with Crippen LogP contribution in [0.4, 0.5) is 40.8 Å². The first-order valence-electron chi connectivity index (χ1n) is 21.9. The molecule has 0 unspecified atom stereocenters. The van der Waals surface area contributed by atoms with Crippen LogP contribution in [0.15, 0.2) is 54.9 Å². The van der Waals surface area contributed by atoms with Gasteiger partial charge in [0.2, 0.25) is 5.91 Å². The maximum atomic E-state index is 16.1. The quantitative estimate of drug-likeness (QED) is 0.145. The van der Waals surface area contributed by atoms with E-state index in [1.807, 2.05) is 34.1 Å². The molecule has 1 saturated carbocycles. The Bertz CT molecular complexity index is 2790. The second-order valence-corrected chi connectivity index (χ2v) is 18.2. The first-order chi connectivity index (χ1) is 31.2. The standard InChI is InChI=1S/C46H47ClF3N11O4/c1-26-16-28(18-35(39(26)47)60-14-11-38(62)55-44(60)65)43(64)58-15-12-45(46(49,50)25-58)23-57(24-45)22-27-17-32(48)40(52-20-27)31-8-5-9-34-30(31)10-13-59(34)37-19-33(51-2)41-53-21-36(61(41)56-37)42(63)54-29-6-3-4-7-29/h5,8-9,16-21,29,51H,3-4,6-7,10-15,22-25H2,1-2H3,(H,54,63)(H,55,62,65). The number of alkyl halides is 2. The van der Waals surface area contributed by atoms with E-state index in [1.165, 1.54) is 23.1 Å². The molecule has 7 heterocycles. The lowest BCUT2D eigenvalue weighted by atomic mass is 9.69. The van der Waals surface area contributed by atoms with E-state index in [-0.39, 0.29) is 79.5 Å². The van der Waals surface area contributed by atoms with Crippen molar-refractivity contribution in [2.75, 3.05) is 61.4 Å². The average Bonchev–Trinajstić information content (AvgIpc) is 4.05. The molecule has 3 N–H and O–H groups in total. The van der Waals surface area contributed by atoms with Gasteiger partial charge in [-0.1, -0.05) is 36.6 Å². The number of benzene rings is 2. The lowest BCUT2D eigenvalue weighted by molar-refractivity contribution is -0.220. The molecule has 338 valence electrons. The van der Waals surface area contributed by atoms with E-state index in [0.29, 0.717) is 52.5 Å². The van der Waals surface area contributed by atoms with Crippen molar-refractivity contribution in [2.45, 2.75) is 70.4 Å². The molecule has 0 atom stereocenters. The maximum Gasteiger partial charge on any atom is 0.328 e. The van der Waals surface area contributed by atoms with E-state index in [0.717, 1.165) is 41.8 Å². The summed E-state index contributed by atoms with van der Waals surface area (Å²) in [5.41, 5.74) is 4.19. The Morgan fingerprint density at radius 3 is 2.48 bits per heavy atom. The average molecular weight is 910 g/mol. The third-order valence-electron chi connectivity index (χ3n) is 13.7. The van der Waals surface area contributed by atoms with Crippen LogP contribution < -0.4 is 25.8 Å². The number of urea groups is 1. The first-order valence-corrected chi connectivity index (χ1v) is 22.3. The molecule has 1 spiro atoms. The molecule has 5 amide bonds. The van der Waals surface area contributed by atoms with Gasteiger partial charge in [0.25, 0.3) is 17.7 Å². The van der Waals surface area contributed by atoms with Crippen LogP contribution in [-0.4, -0.2) is 111 Å².